The minimum Gasteiger partial charge on any atom is -0.550 e. The maximum absolute atomic E-state index is 11.8. The Bertz CT molecular complexity index is 231. The van der Waals surface area contributed by atoms with Crippen molar-refractivity contribution in [2.24, 2.45) is 5.41 Å². The minimum atomic E-state index is -1.09. The van der Waals surface area contributed by atoms with E-state index in [-0.39, 0.29) is 12.2 Å². The molecule has 0 aliphatic heterocycles. The van der Waals surface area contributed by atoms with Crippen molar-refractivity contribution in [1.29, 1.82) is 0 Å². The van der Waals surface area contributed by atoms with Gasteiger partial charge in [-0.25, -0.2) is 0 Å². The lowest BCUT2D eigenvalue weighted by Gasteiger charge is -2.36. The van der Waals surface area contributed by atoms with Gasteiger partial charge in [-0.1, -0.05) is 19.8 Å². The van der Waals surface area contributed by atoms with Crippen LogP contribution in [0.5, 0.6) is 0 Å². The predicted octanol–water partition coefficient (Wildman–Crippen LogP) is 1.06. The number of hydrogen-bond donors (Lipinski definition) is 0. The number of carboxylic acid groups (broad SMARTS) is 1. The Balaban J connectivity index is 2.77. The van der Waals surface area contributed by atoms with Gasteiger partial charge in [0.2, 0.25) is 0 Å². The van der Waals surface area contributed by atoms with Gasteiger partial charge in [-0.3, -0.25) is 4.79 Å². The molecule has 1 atom stereocenters. The number of Topliss-reactive ketones (excluding diaryl/α,β-unsaturated/α-hetero) is 1. The molecular weight excluding hydrogens is 180 g/mol. The molecule has 1 unspecified atom stereocenters. The van der Waals surface area contributed by atoms with Gasteiger partial charge < -0.3 is 9.90 Å². The first kappa shape index (κ1) is 11.2. The van der Waals surface area contributed by atoms with E-state index in [1.807, 2.05) is 6.92 Å². The zero-order valence-corrected chi connectivity index (χ0v) is 8.67. The van der Waals surface area contributed by atoms with Crippen molar-refractivity contribution in [3.05, 3.63) is 0 Å². The molecule has 3 nitrogen and oxygen atoms in total. The average Bonchev–Trinajstić information content (AvgIpc) is 2.09. The molecule has 1 fully saturated rings. The fraction of sp³-hybridized carbons (Fsp3) is 0.818. The van der Waals surface area contributed by atoms with Gasteiger partial charge in [0.05, 0.1) is 0 Å². The molecule has 1 aliphatic rings. The normalized spacial score (nSPS) is 27.6. The fourth-order valence-electron chi connectivity index (χ4n) is 2.45. The van der Waals surface area contributed by atoms with Crippen molar-refractivity contribution < 1.29 is 14.7 Å². The number of carboxylic acids is 1. The van der Waals surface area contributed by atoms with Crippen molar-refractivity contribution in [2.75, 3.05) is 0 Å². The van der Waals surface area contributed by atoms with E-state index in [0.717, 1.165) is 25.7 Å². The van der Waals surface area contributed by atoms with Crippen molar-refractivity contribution in [1.82, 2.24) is 0 Å². The quantitative estimate of drug-likeness (QED) is 0.677. The molecule has 14 heavy (non-hydrogen) atoms. The highest BCUT2D eigenvalue weighted by molar-refractivity contribution is 5.88. The maximum atomic E-state index is 11.8. The molecule has 0 amide bonds. The first-order valence-electron chi connectivity index (χ1n) is 5.34. The Morgan fingerprint density at radius 2 is 2.21 bits per heavy atom. The summed E-state index contributed by atoms with van der Waals surface area (Å²) in [6, 6.07) is 0. The highest BCUT2D eigenvalue weighted by atomic mass is 16.4. The highest BCUT2D eigenvalue weighted by Crippen LogP contribution is 2.40. The number of ketones is 1. The van der Waals surface area contributed by atoms with Gasteiger partial charge in [0, 0.05) is 17.8 Å². The summed E-state index contributed by atoms with van der Waals surface area (Å²) in [7, 11) is 0. The van der Waals surface area contributed by atoms with E-state index < -0.39 is 11.4 Å². The van der Waals surface area contributed by atoms with Crippen molar-refractivity contribution in [3.63, 3.8) is 0 Å². The van der Waals surface area contributed by atoms with E-state index in [1.165, 1.54) is 0 Å². The van der Waals surface area contributed by atoms with Crippen molar-refractivity contribution in [3.8, 4) is 0 Å². The largest absolute Gasteiger partial charge is 0.550 e. The van der Waals surface area contributed by atoms with Crippen molar-refractivity contribution in [2.45, 2.75) is 51.9 Å². The second-order valence-electron chi connectivity index (χ2n) is 4.21. The van der Waals surface area contributed by atoms with Crippen LogP contribution in [0, 0.1) is 5.41 Å². The first-order valence-corrected chi connectivity index (χ1v) is 5.34. The lowest BCUT2D eigenvalue weighted by Crippen LogP contribution is -2.40. The van der Waals surface area contributed by atoms with E-state index >= 15 is 0 Å². The molecular formula is C11H17O3-. The zero-order valence-electron chi connectivity index (χ0n) is 8.67. The van der Waals surface area contributed by atoms with Gasteiger partial charge in [0.25, 0.3) is 0 Å². The van der Waals surface area contributed by atoms with Crippen molar-refractivity contribution >= 4 is 11.8 Å². The summed E-state index contributed by atoms with van der Waals surface area (Å²) in [4.78, 5) is 22.4. The topological polar surface area (TPSA) is 57.2 Å². The van der Waals surface area contributed by atoms with Crippen LogP contribution in [-0.2, 0) is 9.59 Å². The molecule has 80 valence electrons. The van der Waals surface area contributed by atoms with Crippen LogP contribution in [0.2, 0.25) is 0 Å². The smallest absolute Gasteiger partial charge is 0.139 e. The van der Waals surface area contributed by atoms with Gasteiger partial charge in [-0.2, -0.15) is 0 Å². The third kappa shape index (κ3) is 2.34. The summed E-state index contributed by atoms with van der Waals surface area (Å²) in [6.45, 7) is 1.99. The molecule has 0 spiro atoms. The van der Waals surface area contributed by atoms with Gasteiger partial charge in [-0.15, -0.1) is 0 Å². The molecule has 3 heteroatoms. The third-order valence-corrected chi connectivity index (χ3v) is 3.11. The lowest BCUT2D eigenvalue weighted by atomic mass is 9.68. The summed E-state index contributed by atoms with van der Waals surface area (Å²) < 4.78 is 0. The van der Waals surface area contributed by atoms with Crippen LogP contribution >= 0.6 is 0 Å². The van der Waals surface area contributed by atoms with Gasteiger partial charge in [-0.05, 0) is 25.7 Å². The highest BCUT2D eigenvalue weighted by Gasteiger charge is 2.38. The molecule has 0 bridgehead atoms. The Labute approximate surface area is 84.5 Å². The first-order chi connectivity index (χ1) is 6.60. The summed E-state index contributed by atoms with van der Waals surface area (Å²) >= 11 is 0. The van der Waals surface area contributed by atoms with E-state index in [1.54, 1.807) is 0 Å². The van der Waals surface area contributed by atoms with E-state index in [4.69, 9.17) is 0 Å². The minimum absolute atomic E-state index is 0.0837. The monoisotopic (exact) mass is 197 g/mol. The lowest BCUT2D eigenvalue weighted by molar-refractivity contribution is -0.308. The molecule has 1 rings (SSSR count). The molecule has 0 aromatic heterocycles. The second kappa shape index (κ2) is 4.58. The standard InChI is InChI=1S/C11H18O3/c1-2-6-11(8-10(13)14)7-4-3-5-9(11)12/h2-8H2,1H3,(H,13,14)/p-1. The Hall–Kier alpha value is -0.860. The predicted molar refractivity (Wildman–Crippen MR) is 50.4 cm³/mol. The summed E-state index contributed by atoms with van der Waals surface area (Å²) in [5.74, 6) is -0.955. The summed E-state index contributed by atoms with van der Waals surface area (Å²) in [6.07, 6.45) is 4.63. The fourth-order valence-corrected chi connectivity index (χ4v) is 2.45. The van der Waals surface area contributed by atoms with E-state index in [2.05, 4.69) is 0 Å². The summed E-state index contributed by atoms with van der Waals surface area (Å²) in [5.41, 5.74) is -0.591. The van der Waals surface area contributed by atoms with Gasteiger partial charge >= 0.3 is 0 Å². The number of carbonyl (C=O) groups excluding carboxylic acids is 2. The van der Waals surface area contributed by atoms with Crippen LogP contribution < -0.4 is 5.11 Å². The van der Waals surface area contributed by atoms with Gasteiger partial charge in [0.1, 0.15) is 5.78 Å². The van der Waals surface area contributed by atoms with Crippen LogP contribution in [0.25, 0.3) is 0 Å². The Morgan fingerprint density at radius 1 is 1.50 bits per heavy atom. The van der Waals surface area contributed by atoms with E-state index in [0.29, 0.717) is 12.8 Å². The SMILES string of the molecule is CCCC1(CC(=O)[O-])CCCCC1=O. The molecule has 0 radical (unpaired) electrons. The van der Waals surface area contributed by atoms with Crippen LogP contribution in [0.15, 0.2) is 0 Å². The Morgan fingerprint density at radius 3 is 2.71 bits per heavy atom. The number of carbonyl (C=O) groups is 2. The number of aliphatic carboxylic acids is 1. The van der Waals surface area contributed by atoms with Gasteiger partial charge in [0.15, 0.2) is 0 Å². The Kier molecular flexibility index (Phi) is 3.67. The third-order valence-electron chi connectivity index (χ3n) is 3.11. The average molecular weight is 197 g/mol. The van der Waals surface area contributed by atoms with Crippen LogP contribution in [0.3, 0.4) is 0 Å². The molecule has 0 aromatic rings. The maximum Gasteiger partial charge on any atom is 0.139 e. The van der Waals surface area contributed by atoms with Crippen LogP contribution in [0.1, 0.15) is 51.9 Å². The number of rotatable bonds is 4. The molecule has 1 saturated carbocycles. The molecule has 0 aromatic carbocycles. The molecule has 0 N–H and O–H groups in total. The van der Waals surface area contributed by atoms with Crippen LogP contribution in [-0.4, -0.2) is 11.8 Å². The van der Waals surface area contributed by atoms with E-state index in [9.17, 15) is 14.7 Å². The second-order valence-corrected chi connectivity index (χ2v) is 4.21. The molecule has 0 saturated heterocycles. The van der Waals surface area contributed by atoms with Crippen LogP contribution in [0.4, 0.5) is 0 Å². The zero-order chi connectivity index (χ0) is 10.6. The molecule has 1 aliphatic carbocycles. The number of hydrogen-bond acceptors (Lipinski definition) is 3. The summed E-state index contributed by atoms with van der Waals surface area (Å²) in [5, 5.41) is 10.6. The molecule has 0 heterocycles.